The van der Waals surface area contributed by atoms with Crippen molar-refractivity contribution in [1.29, 1.82) is 0 Å². The quantitative estimate of drug-likeness (QED) is 0.470. The summed E-state index contributed by atoms with van der Waals surface area (Å²) in [4.78, 5) is 37.0. The summed E-state index contributed by atoms with van der Waals surface area (Å²) in [5.74, 6) is -1.70. The highest BCUT2D eigenvalue weighted by Crippen LogP contribution is 2.08. The second kappa shape index (κ2) is 4.96. The van der Waals surface area contributed by atoms with Gasteiger partial charge in [0.25, 0.3) is 0 Å². The summed E-state index contributed by atoms with van der Waals surface area (Å²) < 4.78 is 4.45. The highest BCUT2D eigenvalue weighted by molar-refractivity contribution is 6.35. The van der Waals surface area contributed by atoms with Crippen molar-refractivity contribution in [2.24, 2.45) is 0 Å². The lowest BCUT2D eigenvalue weighted by Crippen LogP contribution is -2.57. The van der Waals surface area contributed by atoms with Crippen molar-refractivity contribution in [3.8, 4) is 0 Å². The standard InChI is InChI=1S/C10H16N2O4/c1-7(2)12-5-4-11(6-8(13)16-3)9(14)10(12)15/h7H,4-6H2,1-3H3. The van der Waals surface area contributed by atoms with E-state index in [9.17, 15) is 14.4 Å². The number of hydrogen-bond acceptors (Lipinski definition) is 4. The van der Waals surface area contributed by atoms with E-state index in [2.05, 4.69) is 4.74 Å². The number of carbonyl (C=O) groups excluding carboxylic acids is 3. The van der Waals surface area contributed by atoms with Crippen LogP contribution < -0.4 is 0 Å². The van der Waals surface area contributed by atoms with Crippen LogP contribution in [0.4, 0.5) is 0 Å². The molecule has 1 aliphatic heterocycles. The number of esters is 1. The zero-order valence-electron chi connectivity index (χ0n) is 9.73. The van der Waals surface area contributed by atoms with Crippen molar-refractivity contribution in [2.45, 2.75) is 19.9 Å². The molecule has 0 aromatic rings. The van der Waals surface area contributed by atoms with E-state index in [0.29, 0.717) is 13.1 Å². The van der Waals surface area contributed by atoms with Gasteiger partial charge in [0, 0.05) is 19.1 Å². The summed E-state index contributed by atoms with van der Waals surface area (Å²) in [5, 5.41) is 0. The van der Waals surface area contributed by atoms with E-state index in [1.54, 1.807) is 0 Å². The highest BCUT2D eigenvalue weighted by Gasteiger charge is 2.34. The van der Waals surface area contributed by atoms with Gasteiger partial charge >= 0.3 is 17.8 Å². The first-order valence-electron chi connectivity index (χ1n) is 5.14. The average Bonchev–Trinajstić information content (AvgIpc) is 2.24. The molecule has 0 atom stereocenters. The Morgan fingerprint density at radius 1 is 1.31 bits per heavy atom. The molecule has 0 bridgehead atoms. The zero-order valence-corrected chi connectivity index (χ0v) is 9.73. The van der Waals surface area contributed by atoms with Crippen LogP contribution in [0.15, 0.2) is 0 Å². The summed E-state index contributed by atoms with van der Waals surface area (Å²) in [7, 11) is 1.25. The summed E-state index contributed by atoms with van der Waals surface area (Å²) in [6.07, 6.45) is 0. The fraction of sp³-hybridized carbons (Fsp3) is 0.700. The molecule has 1 fully saturated rings. The largest absolute Gasteiger partial charge is 0.468 e. The van der Waals surface area contributed by atoms with Crippen molar-refractivity contribution >= 4 is 17.8 Å². The Labute approximate surface area is 94.1 Å². The molecule has 1 heterocycles. The van der Waals surface area contributed by atoms with E-state index in [-0.39, 0.29) is 12.6 Å². The van der Waals surface area contributed by atoms with Crippen molar-refractivity contribution in [1.82, 2.24) is 9.80 Å². The van der Waals surface area contributed by atoms with Crippen LogP contribution in [0.1, 0.15) is 13.8 Å². The van der Waals surface area contributed by atoms with E-state index in [0.717, 1.165) is 0 Å². The molecule has 0 aliphatic carbocycles. The molecule has 0 unspecified atom stereocenters. The molecule has 1 aliphatic rings. The van der Waals surface area contributed by atoms with Crippen LogP contribution in [-0.4, -0.2) is 60.4 Å². The molecular weight excluding hydrogens is 212 g/mol. The first-order valence-corrected chi connectivity index (χ1v) is 5.14. The van der Waals surface area contributed by atoms with Crippen LogP contribution in [0, 0.1) is 0 Å². The van der Waals surface area contributed by atoms with E-state index in [1.165, 1.54) is 16.9 Å². The van der Waals surface area contributed by atoms with Gasteiger partial charge in [-0.05, 0) is 13.8 Å². The number of carbonyl (C=O) groups is 3. The third-order valence-corrected chi connectivity index (χ3v) is 2.51. The highest BCUT2D eigenvalue weighted by atomic mass is 16.5. The summed E-state index contributed by atoms with van der Waals surface area (Å²) in [6, 6.07) is -0.00303. The molecule has 0 spiro atoms. The maximum atomic E-state index is 11.6. The van der Waals surface area contributed by atoms with Crippen LogP contribution in [0.3, 0.4) is 0 Å². The Balaban J connectivity index is 2.65. The van der Waals surface area contributed by atoms with Crippen molar-refractivity contribution in [2.75, 3.05) is 26.7 Å². The number of rotatable bonds is 3. The average molecular weight is 228 g/mol. The van der Waals surface area contributed by atoms with E-state index in [1.807, 2.05) is 13.8 Å². The summed E-state index contributed by atoms with van der Waals surface area (Å²) >= 11 is 0. The molecule has 0 aromatic carbocycles. The van der Waals surface area contributed by atoms with Gasteiger partial charge in [0.05, 0.1) is 7.11 Å². The molecule has 2 amide bonds. The fourth-order valence-electron chi connectivity index (χ4n) is 1.55. The van der Waals surface area contributed by atoms with Gasteiger partial charge in [-0.1, -0.05) is 0 Å². The molecule has 90 valence electrons. The predicted molar refractivity (Wildman–Crippen MR) is 55.4 cm³/mol. The van der Waals surface area contributed by atoms with E-state index in [4.69, 9.17) is 0 Å². The first kappa shape index (κ1) is 12.5. The first-order chi connectivity index (χ1) is 7.47. The molecule has 0 saturated carbocycles. The lowest BCUT2D eigenvalue weighted by molar-refractivity contribution is -0.160. The van der Waals surface area contributed by atoms with Crippen molar-refractivity contribution < 1.29 is 19.1 Å². The third-order valence-electron chi connectivity index (χ3n) is 2.51. The lowest BCUT2D eigenvalue weighted by atomic mass is 10.2. The second-order valence-electron chi connectivity index (χ2n) is 3.90. The minimum Gasteiger partial charge on any atom is -0.468 e. The smallest absolute Gasteiger partial charge is 0.325 e. The Kier molecular flexibility index (Phi) is 3.87. The third kappa shape index (κ3) is 2.50. The maximum absolute atomic E-state index is 11.6. The van der Waals surface area contributed by atoms with Crippen LogP contribution in [0.2, 0.25) is 0 Å². The van der Waals surface area contributed by atoms with Gasteiger partial charge in [0.15, 0.2) is 0 Å². The van der Waals surface area contributed by atoms with Crippen LogP contribution in [0.25, 0.3) is 0 Å². The topological polar surface area (TPSA) is 66.9 Å². The molecule has 0 N–H and O–H groups in total. The number of hydrogen-bond donors (Lipinski definition) is 0. The second-order valence-corrected chi connectivity index (χ2v) is 3.90. The lowest BCUT2D eigenvalue weighted by Gasteiger charge is -2.35. The molecule has 0 radical (unpaired) electrons. The normalized spacial score (nSPS) is 17.0. The van der Waals surface area contributed by atoms with E-state index < -0.39 is 17.8 Å². The molecule has 0 aromatic heterocycles. The van der Waals surface area contributed by atoms with Gasteiger partial charge in [0.2, 0.25) is 0 Å². The number of methoxy groups -OCH3 is 1. The summed E-state index contributed by atoms with van der Waals surface area (Å²) in [5.41, 5.74) is 0. The minimum atomic E-state index is -0.634. The molecular formula is C10H16N2O4. The number of nitrogens with zero attached hydrogens (tertiary/aromatic N) is 2. The van der Waals surface area contributed by atoms with Crippen molar-refractivity contribution in [3.63, 3.8) is 0 Å². The van der Waals surface area contributed by atoms with Crippen LogP contribution in [-0.2, 0) is 19.1 Å². The number of ether oxygens (including phenoxy) is 1. The monoisotopic (exact) mass is 228 g/mol. The fourth-order valence-corrected chi connectivity index (χ4v) is 1.55. The molecule has 6 nitrogen and oxygen atoms in total. The zero-order chi connectivity index (χ0) is 12.3. The van der Waals surface area contributed by atoms with Gasteiger partial charge in [0.1, 0.15) is 6.54 Å². The van der Waals surface area contributed by atoms with Gasteiger partial charge in [-0.3, -0.25) is 14.4 Å². The van der Waals surface area contributed by atoms with Gasteiger partial charge in [-0.15, -0.1) is 0 Å². The number of amides is 2. The van der Waals surface area contributed by atoms with Gasteiger partial charge < -0.3 is 14.5 Å². The van der Waals surface area contributed by atoms with Crippen LogP contribution in [0.5, 0.6) is 0 Å². The Bertz CT molecular complexity index is 314. The Hall–Kier alpha value is -1.59. The molecule has 16 heavy (non-hydrogen) atoms. The van der Waals surface area contributed by atoms with Crippen LogP contribution >= 0.6 is 0 Å². The maximum Gasteiger partial charge on any atom is 0.325 e. The Morgan fingerprint density at radius 3 is 2.44 bits per heavy atom. The minimum absolute atomic E-state index is 0.00303. The summed E-state index contributed by atoms with van der Waals surface area (Å²) in [6.45, 7) is 4.37. The molecule has 1 rings (SSSR count). The van der Waals surface area contributed by atoms with Gasteiger partial charge in [-0.25, -0.2) is 0 Å². The van der Waals surface area contributed by atoms with E-state index >= 15 is 0 Å². The SMILES string of the molecule is COC(=O)CN1CCN(C(C)C)C(=O)C1=O. The molecule has 1 saturated heterocycles. The molecule has 6 heteroatoms. The predicted octanol–water partition coefficient (Wildman–Crippen LogP) is -0.761. The Morgan fingerprint density at radius 2 is 1.94 bits per heavy atom. The van der Waals surface area contributed by atoms with Gasteiger partial charge in [-0.2, -0.15) is 0 Å². The number of piperazine rings is 1. The van der Waals surface area contributed by atoms with Crippen molar-refractivity contribution in [3.05, 3.63) is 0 Å².